The zero-order valence-electron chi connectivity index (χ0n) is 13.2. The van der Waals surface area contributed by atoms with Gasteiger partial charge in [-0.1, -0.05) is 0 Å². The smallest absolute Gasteiger partial charge is 0.363 e. The summed E-state index contributed by atoms with van der Waals surface area (Å²) in [5, 5.41) is 3.79. The van der Waals surface area contributed by atoms with Crippen molar-refractivity contribution in [3.8, 4) is 0 Å². The SMILES string of the molecule is NC(=O)c1ncn([C@H]2CC[C@@H](COP(=O)(O)OP(=O)(O)OP(=O)(O)O)O2)n1. The molecular weight excluding hydrogens is 437 g/mol. The molecule has 1 saturated heterocycles. The number of carbonyl (C=O) groups is 1. The van der Waals surface area contributed by atoms with Crippen LogP contribution in [0.4, 0.5) is 0 Å². The van der Waals surface area contributed by atoms with Crippen molar-refractivity contribution < 1.29 is 55.9 Å². The van der Waals surface area contributed by atoms with Crippen LogP contribution in [-0.4, -0.2) is 53.0 Å². The molecule has 16 nitrogen and oxygen atoms in total. The first-order valence-electron chi connectivity index (χ1n) is 6.91. The molecule has 0 aliphatic carbocycles. The maximum absolute atomic E-state index is 11.6. The molecule has 2 heterocycles. The number of phosphoric acid groups is 3. The number of primary amides is 1. The molecule has 19 heteroatoms. The van der Waals surface area contributed by atoms with E-state index < -0.39 is 48.3 Å². The third-order valence-electron chi connectivity index (χ3n) is 2.95. The molecule has 0 spiro atoms. The Morgan fingerprint density at radius 2 is 1.89 bits per heavy atom. The number of carbonyl (C=O) groups excluding carboxylic acids is 1. The van der Waals surface area contributed by atoms with E-state index in [1.165, 1.54) is 11.0 Å². The van der Waals surface area contributed by atoms with E-state index in [0.717, 1.165) is 0 Å². The average molecular weight is 452 g/mol. The number of ether oxygens (including phenoxy) is 1. The van der Waals surface area contributed by atoms with E-state index in [4.69, 9.17) is 25.2 Å². The summed E-state index contributed by atoms with van der Waals surface area (Å²) < 4.78 is 51.6. The number of aromatic nitrogens is 3. The summed E-state index contributed by atoms with van der Waals surface area (Å²) in [4.78, 5) is 49.9. The summed E-state index contributed by atoms with van der Waals surface area (Å²) in [6, 6.07) is 0. The predicted molar refractivity (Wildman–Crippen MR) is 81.5 cm³/mol. The highest BCUT2D eigenvalue weighted by Crippen LogP contribution is 2.66. The fourth-order valence-corrected chi connectivity index (χ4v) is 5.06. The molecule has 1 amide bonds. The molecule has 1 aliphatic heterocycles. The van der Waals surface area contributed by atoms with Crippen molar-refractivity contribution in [3.63, 3.8) is 0 Å². The van der Waals surface area contributed by atoms with Crippen molar-refractivity contribution in [2.45, 2.75) is 25.2 Å². The highest BCUT2D eigenvalue weighted by molar-refractivity contribution is 7.66. The molecule has 4 atom stereocenters. The highest BCUT2D eigenvalue weighted by atomic mass is 31.3. The van der Waals surface area contributed by atoms with Crippen LogP contribution in [0.15, 0.2) is 6.33 Å². The van der Waals surface area contributed by atoms with Gasteiger partial charge >= 0.3 is 23.5 Å². The molecule has 0 radical (unpaired) electrons. The van der Waals surface area contributed by atoms with Gasteiger partial charge in [-0.05, 0) is 12.8 Å². The molecule has 0 bridgehead atoms. The third-order valence-corrected chi connectivity index (χ3v) is 6.75. The van der Waals surface area contributed by atoms with Crippen LogP contribution in [0.2, 0.25) is 0 Å². The van der Waals surface area contributed by atoms with E-state index >= 15 is 0 Å². The first-order valence-corrected chi connectivity index (χ1v) is 11.4. The van der Waals surface area contributed by atoms with Crippen LogP contribution in [-0.2, 0) is 31.6 Å². The minimum Gasteiger partial charge on any atom is -0.363 e. The lowest BCUT2D eigenvalue weighted by molar-refractivity contribution is -0.0280. The van der Waals surface area contributed by atoms with Crippen molar-refractivity contribution in [2.24, 2.45) is 5.73 Å². The number of amides is 1. The van der Waals surface area contributed by atoms with Crippen molar-refractivity contribution >= 4 is 29.4 Å². The molecule has 1 fully saturated rings. The largest absolute Gasteiger partial charge is 0.490 e. The van der Waals surface area contributed by atoms with E-state index in [0.29, 0.717) is 12.8 Å². The van der Waals surface area contributed by atoms with Gasteiger partial charge in [0.1, 0.15) is 6.33 Å². The van der Waals surface area contributed by atoms with Crippen molar-refractivity contribution in [1.29, 1.82) is 0 Å². The van der Waals surface area contributed by atoms with E-state index in [1.54, 1.807) is 0 Å². The van der Waals surface area contributed by atoms with E-state index in [1.807, 2.05) is 0 Å². The van der Waals surface area contributed by atoms with Crippen molar-refractivity contribution in [2.75, 3.05) is 6.61 Å². The van der Waals surface area contributed by atoms with E-state index in [9.17, 15) is 23.4 Å². The summed E-state index contributed by atoms with van der Waals surface area (Å²) in [5.74, 6) is -1.06. The third kappa shape index (κ3) is 7.14. The lowest BCUT2D eigenvalue weighted by atomic mass is 10.2. The minimum absolute atomic E-state index is 0.227. The van der Waals surface area contributed by atoms with Gasteiger partial charge in [0.05, 0.1) is 12.7 Å². The van der Waals surface area contributed by atoms with Gasteiger partial charge in [0.15, 0.2) is 6.23 Å². The maximum atomic E-state index is 11.6. The molecule has 2 unspecified atom stereocenters. The van der Waals surface area contributed by atoms with Gasteiger partial charge in [0.25, 0.3) is 5.91 Å². The second-order valence-corrected chi connectivity index (χ2v) is 9.51. The molecule has 6 N–H and O–H groups in total. The summed E-state index contributed by atoms with van der Waals surface area (Å²) in [7, 11) is -16.2. The summed E-state index contributed by atoms with van der Waals surface area (Å²) in [6.45, 7) is -0.572. The van der Waals surface area contributed by atoms with Gasteiger partial charge in [-0.2, -0.15) is 8.62 Å². The lowest BCUT2D eigenvalue weighted by Crippen LogP contribution is -2.18. The molecule has 0 aromatic carbocycles. The Hall–Kier alpha value is -1.02. The van der Waals surface area contributed by atoms with Crippen LogP contribution in [0.1, 0.15) is 29.7 Å². The van der Waals surface area contributed by atoms with Crippen LogP contribution < -0.4 is 5.73 Å². The summed E-state index contributed by atoms with van der Waals surface area (Å²) >= 11 is 0. The number of hydrogen-bond acceptors (Lipinski definition) is 10. The normalized spacial score (nSPS) is 25.0. The van der Waals surface area contributed by atoms with Crippen LogP contribution in [0.5, 0.6) is 0 Å². The van der Waals surface area contributed by atoms with E-state index in [2.05, 4.69) is 23.2 Å². The molecule has 0 saturated carbocycles. The van der Waals surface area contributed by atoms with Crippen molar-refractivity contribution in [3.05, 3.63) is 12.2 Å². The fraction of sp³-hybridized carbons (Fsp3) is 0.625. The monoisotopic (exact) mass is 452 g/mol. The molecule has 1 aromatic heterocycles. The van der Waals surface area contributed by atoms with Gasteiger partial charge in [-0.3, -0.25) is 9.32 Å². The minimum atomic E-state index is -5.57. The number of rotatable bonds is 9. The number of hydrogen-bond donors (Lipinski definition) is 5. The molecular formula is C8H15N4O12P3. The second kappa shape index (κ2) is 8.15. The molecule has 1 aliphatic rings. The first kappa shape index (κ1) is 22.3. The van der Waals surface area contributed by atoms with Crippen LogP contribution >= 0.6 is 23.5 Å². The van der Waals surface area contributed by atoms with Gasteiger partial charge < -0.3 is 30.0 Å². The first-order chi connectivity index (χ1) is 12.3. The standard InChI is InChI=1S/C8H15N4O12P3/c9-7(13)8-10-4-12(11-8)6-2-1-5(22-6)3-21-26(17,18)24-27(19,20)23-25(14,15)16/h4-6H,1-3H2,(H2,9,13)(H,17,18)(H,19,20)(H2,14,15,16)/t5-,6+/m0/s1. The Kier molecular flexibility index (Phi) is 6.72. The second-order valence-electron chi connectivity index (χ2n) is 5.09. The molecule has 27 heavy (non-hydrogen) atoms. The maximum Gasteiger partial charge on any atom is 0.490 e. The number of nitrogens with two attached hydrogens (primary N) is 1. The van der Waals surface area contributed by atoms with Gasteiger partial charge in [0.2, 0.25) is 5.82 Å². The van der Waals surface area contributed by atoms with Crippen LogP contribution in [0.3, 0.4) is 0 Å². The van der Waals surface area contributed by atoms with Gasteiger partial charge in [-0.15, -0.1) is 5.10 Å². The van der Waals surface area contributed by atoms with Gasteiger partial charge in [-0.25, -0.2) is 23.4 Å². The summed E-state index contributed by atoms with van der Waals surface area (Å²) in [6.07, 6.45) is 0.453. The Morgan fingerprint density at radius 1 is 1.22 bits per heavy atom. The molecule has 1 aromatic rings. The van der Waals surface area contributed by atoms with Gasteiger partial charge in [0, 0.05) is 0 Å². The lowest BCUT2D eigenvalue weighted by Gasteiger charge is -2.18. The summed E-state index contributed by atoms with van der Waals surface area (Å²) in [5.41, 5.74) is 5.02. The molecule has 154 valence electrons. The van der Waals surface area contributed by atoms with Crippen LogP contribution in [0, 0.1) is 0 Å². The Labute approximate surface area is 150 Å². The quantitative estimate of drug-likeness (QED) is 0.294. The van der Waals surface area contributed by atoms with Crippen LogP contribution in [0.25, 0.3) is 0 Å². The Bertz CT molecular complexity index is 836. The number of phosphoric ester groups is 1. The Balaban J connectivity index is 1.87. The average Bonchev–Trinajstić information content (AvgIpc) is 3.10. The number of nitrogens with zero attached hydrogens (tertiary/aromatic N) is 3. The zero-order chi connectivity index (χ0) is 20.5. The van der Waals surface area contributed by atoms with E-state index in [-0.39, 0.29) is 5.82 Å². The predicted octanol–water partition coefficient (Wildman–Crippen LogP) is -0.602. The Morgan fingerprint density at radius 3 is 2.44 bits per heavy atom. The highest BCUT2D eigenvalue weighted by Gasteiger charge is 2.41. The van der Waals surface area contributed by atoms with Crippen molar-refractivity contribution in [1.82, 2.24) is 14.8 Å². The molecule has 2 rings (SSSR count). The topological polar surface area (TPSA) is 243 Å². The zero-order valence-corrected chi connectivity index (χ0v) is 15.9. The fourth-order valence-electron chi connectivity index (χ4n) is 2.01.